The lowest BCUT2D eigenvalue weighted by Crippen LogP contribution is -2.44. The number of nitrogens with one attached hydrogen (secondary N) is 1. The van der Waals surface area contributed by atoms with Gasteiger partial charge in [-0.3, -0.25) is 4.79 Å². The van der Waals surface area contributed by atoms with Crippen LogP contribution in [-0.4, -0.2) is 12.5 Å². The van der Waals surface area contributed by atoms with E-state index in [1.807, 2.05) is 0 Å². The van der Waals surface area contributed by atoms with Crippen LogP contribution in [0.4, 0.5) is 0 Å². The molecule has 2 atom stereocenters. The minimum atomic E-state index is 0.280. The summed E-state index contributed by atoms with van der Waals surface area (Å²) in [5.41, 5.74) is 3.06. The van der Waals surface area contributed by atoms with Gasteiger partial charge in [-0.15, -0.1) is 0 Å². The van der Waals surface area contributed by atoms with Gasteiger partial charge in [0.2, 0.25) is 5.91 Å². The Morgan fingerprint density at radius 3 is 2.88 bits per heavy atom. The van der Waals surface area contributed by atoms with Gasteiger partial charge in [0.1, 0.15) is 0 Å². The normalized spacial score (nSPS) is 31.4. The van der Waals surface area contributed by atoms with Crippen LogP contribution < -0.4 is 5.32 Å². The topological polar surface area (TPSA) is 29.1 Å². The van der Waals surface area contributed by atoms with Gasteiger partial charge >= 0.3 is 0 Å². The second kappa shape index (κ2) is 3.86. The van der Waals surface area contributed by atoms with Gasteiger partial charge in [0.05, 0.1) is 0 Å². The highest BCUT2D eigenvalue weighted by Gasteiger charge is 2.45. The summed E-state index contributed by atoms with van der Waals surface area (Å²) >= 11 is 0. The number of carbonyl (C=O) groups excluding carboxylic acids is 1. The molecule has 0 spiro atoms. The molecule has 2 nitrogen and oxygen atoms in total. The molecular formula is C15H19NO. The number of hydrogen-bond acceptors (Lipinski definition) is 1. The summed E-state index contributed by atoms with van der Waals surface area (Å²) in [6.45, 7) is 2.99. The van der Waals surface area contributed by atoms with E-state index in [9.17, 15) is 4.79 Å². The van der Waals surface area contributed by atoms with Crippen LogP contribution in [0.5, 0.6) is 0 Å². The zero-order chi connectivity index (χ0) is 11.9. The van der Waals surface area contributed by atoms with Gasteiger partial charge in [-0.2, -0.15) is 0 Å². The van der Waals surface area contributed by atoms with Gasteiger partial charge < -0.3 is 5.32 Å². The fraction of sp³-hybridized carbons (Fsp3) is 0.533. The van der Waals surface area contributed by atoms with Crippen LogP contribution in [0, 0.1) is 18.3 Å². The molecule has 2 aliphatic rings. The fourth-order valence-corrected chi connectivity index (χ4v) is 3.37. The van der Waals surface area contributed by atoms with Crippen LogP contribution in [0.15, 0.2) is 24.3 Å². The van der Waals surface area contributed by atoms with E-state index in [1.165, 1.54) is 17.5 Å². The molecule has 90 valence electrons. The Labute approximate surface area is 102 Å². The van der Waals surface area contributed by atoms with E-state index in [1.54, 1.807) is 0 Å². The van der Waals surface area contributed by atoms with Gasteiger partial charge in [-0.1, -0.05) is 29.8 Å². The lowest BCUT2D eigenvalue weighted by Gasteiger charge is -2.33. The smallest absolute Gasteiger partial charge is 0.223 e. The molecule has 1 aliphatic heterocycles. The quantitative estimate of drug-likeness (QED) is 0.829. The van der Waals surface area contributed by atoms with Crippen molar-refractivity contribution >= 4 is 5.91 Å². The van der Waals surface area contributed by atoms with Crippen LogP contribution >= 0.6 is 0 Å². The van der Waals surface area contributed by atoms with Crippen LogP contribution in [-0.2, 0) is 11.2 Å². The van der Waals surface area contributed by atoms with Crippen molar-refractivity contribution in [1.29, 1.82) is 0 Å². The Kier molecular flexibility index (Phi) is 2.46. The number of carbonyl (C=O) groups is 1. The molecule has 1 heterocycles. The number of aryl methyl sites for hydroxylation is 1. The monoisotopic (exact) mass is 229 g/mol. The summed E-state index contributed by atoms with van der Waals surface area (Å²) in [5, 5.41) is 3.08. The van der Waals surface area contributed by atoms with Gasteiger partial charge in [0.25, 0.3) is 0 Å². The van der Waals surface area contributed by atoms with E-state index in [2.05, 4.69) is 36.5 Å². The molecule has 1 amide bonds. The Balaban J connectivity index is 1.77. The van der Waals surface area contributed by atoms with Crippen LogP contribution in [0.25, 0.3) is 0 Å². The summed E-state index contributed by atoms with van der Waals surface area (Å²) in [6.07, 6.45) is 4.48. The number of fused-ring (bicyclic) bond motifs is 2. The number of hydrogen-bond donors (Lipinski definition) is 1. The summed E-state index contributed by atoms with van der Waals surface area (Å²) in [4.78, 5) is 11.6. The first-order chi connectivity index (χ1) is 8.17. The minimum absolute atomic E-state index is 0.280. The zero-order valence-corrected chi connectivity index (χ0v) is 10.3. The Bertz CT molecular complexity index is 437. The maximum Gasteiger partial charge on any atom is 0.223 e. The first-order valence-corrected chi connectivity index (χ1v) is 6.50. The molecule has 1 saturated carbocycles. The number of rotatable bonds is 2. The largest absolute Gasteiger partial charge is 0.355 e. The van der Waals surface area contributed by atoms with E-state index in [0.717, 1.165) is 25.8 Å². The van der Waals surface area contributed by atoms with E-state index in [0.29, 0.717) is 5.41 Å². The van der Waals surface area contributed by atoms with E-state index in [4.69, 9.17) is 0 Å². The summed E-state index contributed by atoms with van der Waals surface area (Å²) in [6, 6.07) is 8.82. The van der Waals surface area contributed by atoms with E-state index >= 15 is 0 Å². The molecule has 1 aromatic rings. The highest BCUT2D eigenvalue weighted by molar-refractivity contribution is 5.80. The highest BCUT2D eigenvalue weighted by atomic mass is 16.2. The molecule has 2 fully saturated rings. The predicted octanol–water partition coefficient (Wildman–Crippen LogP) is 2.45. The van der Waals surface area contributed by atoms with Crippen LogP contribution in [0.2, 0.25) is 0 Å². The second-order valence-electron chi connectivity index (χ2n) is 5.82. The second-order valence-corrected chi connectivity index (χ2v) is 5.82. The lowest BCUT2D eigenvalue weighted by molar-refractivity contribution is -0.127. The van der Waals surface area contributed by atoms with Crippen molar-refractivity contribution in [2.45, 2.75) is 32.6 Å². The Hall–Kier alpha value is -1.31. The molecule has 2 bridgehead atoms. The molecule has 17 heavy (non-hydrogen) atoms. The Morgan fingerprint density at radius 1 is 1.35 bits per heavy atom. The molecule has 1 saturated heterocycles. The molecule has 1 aromatic carbocycles. The zero-order valence-electron chi connectivity index (χ0n) is 10.3. The fourth-order valence-electron chi connectivity index (χ4n) is 3.37. The van der Waals surface area contributed by atoms with Crippen molar-refractivity contribution in [3.05, 3.63) is 35.4 Å². The molecule has 1 aliphatic carbocycles. The standard InChI is InChI=1S/C15H19NO/c1-11-2-4-12(5-3-11)8-15-7-6-13(9-15)14(17)16-10-15/h2-5,13H,6-10H2,1H3,(H,16,17). The Morgan fingerprint density at radius 2 is 2.12 bits per heavy atom. The predicted molar refractivity (Wildman–Crippen MR) is 67.7 cm³/mol. The molecule has 0 aromatic heterocycles. The van der Waals surface area contributed by atoms with Gasteiger partial charge in [0, 0.05) is 12.5 Å². The van der Waals surface area contributed by atoms with Gasteiger partial charge in [0.15, 0.2) is 0 Å². The molecule has 3 rings (SSSR count). The van der Waals surface area contributed by atoms with E-state index < -0.39 is 0 Å². The van der Waals surface area contributed by atoms with Crippen LogP contribution in [0.1, 0.15) is 30.4 Å². The molecule has 2 heteroatoms. The van der Waals surface area contributed by atoms with Crippen molar-refractivity contribution in [2.75, 3.05) is 6.54 Å². The van der Waals surface area contributed by atoms with Crippen molar-refractivity contribution < 1.29 is 4.79 Å². The van der Waals surface area contributed by atoms with Crippen molar-refractivity contribution in [3.63, 3.8) is 0 Å². The number of piperidine rings is 1. The lowest BCUT2D eigenvalue weighted by atomic mass is 9.77. The first-order valence-electron chi connectivity index (χ1n) is 6.50. The van der Waals surface area contributed by atoms with Gasteiger partial charge in [-0.25, -0.2) is 0 Å². The SMILES string of the molecule is Cc1ccc(CC23CCC(C2)C(=O)NC3)cc1. The maximum atomic E-state index is 11.6. The third kappa shape index (κ3) is 1.97. The molecular weight excluding hydrogens is 210 g/mol. The molecule has 0 radical (unpaired) electrons. The average Bonchev–Trinajstić information content (AvgIpc) is 2.68. The van der Waals surface area contributed by atoms with Crippen molar-refractivity contribution in [2.24, 2.45) is 11.3 Å². The third-order valence-electron chi connectivity index (χ3n) is 4.41. The maximum absolute atomic E-state index is 11.6. The summed E-state index contributed by atoms with van der Waals surface area (Å²) in [7, 11) is 0. The number of amides is 1. The highest BCUT2D eigenvalue weighted by Crippen LogP contribution is 2.46. The third-order valence-corrected chi connectivity index (χ3v) is 4.41. The number of benzene rings is 1. The van der Waals surface area contributed by atoms with Crippen molar-refractivity contribution in [3.8, 4) is 0 Å². The van der Waals surface area contributed by atoms with Gasteiger partial charge in [-0.05, 0) is 43.6 Å². The first kappa shape index (κ1) is 10.8. The van der Waals surface area contributed by atoms with Crippen molar-refractivity contribution in [1.82, 2.24) is 5.32 Å². The average molecular weight is 229 g/mol. The molecule has 2 unspecified atom stereocenters. The van der Waals surface area contributed by atoms with E-state index in [-0.39, 0.29) is 11.8 Å². The summed E-state index contributed by atoms with van der Waals surface area (Å²) in [5.74, 6) is 0.566. The minimum Gasteiger partial charge on any atom is -0.355 e. The summed E-state index contributed by atoms with van der Waals surface area (Å²) < 4.78 is 0. The molecule has 1 N–H and O–H groups in total. The van der Waals surface area contributed by atoms with Crippen LogP contribution in [0.3, 0.4) is 0 Å².